The van der Waals surface area contributed by atoms with Crippen molar-refractivity contribution in [1.29, 1.82) is 0 Å². The third kappa shape index (κ3) is 11.2. The first-order valence-corrected chi connectivity index (χ1v) is 6.10. The quantitative estimate of drug-likeness (QED) is 0.419. The molecular weight excluding hydrogens is 248 g/mol. The van der Waals surface area contributed by atoms with E-state index in [-0.39, 0.29) is 18.0 Å². The number of carbonyl (C=O) groups is 2. The molecule has 1 fully saturated rings. The number of epoxide rings is 1. The third-order valence-corrected chi connectivity index (χ3v) is 1.88. The molecule has 1 aliphatic rings. The van der Waals surface area contributed by atoms with Crippen LogP contribution in [0, 0.1) is 5.92 Å². The summed E-state index contributed by atoms with van der Waals surface area (Å²) >= 11 is 0. The van der Waals surface area contributed by atoms with Crippen LogP contribution in [0.3, 0.4) is 0 Å². The van der Waals surface area contributed by atoms with Gasteiger partial charge in [-0.05, 0) is 12.8 Å². The van der Waals surface area contributed by atoms with Crippen molar-refractivity contribution in [2.24, 2.45) is 5.92 Å². The van der Waals surface area contributed by atoms with Crippen molar-refractivity contribution in [3.05, 3.63) is 24.8 Å². The minimum atomic E-state index is -0.384. The van der Waals surface area contributed by atoms with Crippen LogP contribution in [0.1, 0.15) is 20.8 Å². The number of rotatable bonds is 6. The molecule has 1 rings (SSSR count). The second kappa shape index (κ2) is 9.33. The van der Waals surface area contributed by atoms with E-state index in [1.165, 1.54) is 0 Å². The molecule has 0 radical (unpaired) electrons. The number of hydrogen-bond donors (Lipinski definition) is 0. The van der Waals surface area contributed by atoms with Gasteiger partial charge in [-0.2, -0.15) is 0 Å². The number of carbonyl (C=O) groups excluding carboxylic acids is 2. The van der Waals surface area contributed by atoms with E-state index in [4.69, 9.17) is 9.47 Å². The molecule has 19 heavy (non-hydrogen) atoms. The molecule has 1 heterocycles. The van der Waals surface area contributed by atoms with Gasteiger partial charge < -0.3 is 14.2 Å². The summed E-state index contributed by atoms with van der Waals surface area (Å²) in [5.74, 6) is -0.289. The van der Waals surface area contributed by atoms with Gasteiger partial charge in [-0.25, -0.2) is 9.59 Å². The lowest BCUT2D eigenvalue weighted by atomic mass is 10.2. The second-order valence-corrected chi connectivity index (χ2v) is 4.56. The summed E-state index contributed by atoms with van der Waals surface area (Å²) < 4.78 is 14.3. The van der Waals surface area contributed by atoms with Crippen LogP contribution >= 0.6 is 0 Å². The molecule has 0 amide bonds. The highest BCUT2D eigenvalue weighted by Crippen LogP contribution is 2.08. The summed E-state index contributed by atoms with van der Waals surface area (Å²) in [6.07, 6.45) is 1.29. The van der Waals surface area contributed by atoms with Gasteiger partial charge in [0.2, 0.25) is 0 Å². The molecule has 5 nitrogen and oxygen atoms in total. The summed E-state index contributed by atoms with van der Waals surface area (Å²) in [4.78, 5) is 21.1. The smallest absolute Gasteiger partial charge is 0.333 e. The number of esters is 2. The molecule has 1 unspecified atom stereocenters. The fraction of sp³-hybridized carbons (Fsp3) is 0.571. The van der Waals surface area contributed by atoms with Crippen molar-refractivity contribution >= 4 is 11.9 Å². The summed E-state index contributed by atoms with van der Waals surface area (Å²) in [7, 11) is 0. The molecule has 1 aliphatic heterocycles. The molecule has 0 aliphatic carbocycles. The van der Waals surface area contributed by atoms with Crippen LogP contribution < -0.4 is 0 Å². The third-order valence-electron chi connectivity index (χ3n) is 1.88. The Bertz CT molecular complexity index is 329. The molecule has 5 heteroatoms. The SMILES string of the molecule is C=C(C)C(=O)OCC(C)C.C=CC(=O)OCC1CO1. The van der Waals surface area contributed by atoms with Crippen LogP contribution in [0.15, 0.2) is 24.8 Å². The van der Waals surface area contributed by atoms with E-state index in [9.17, 15) is 9.59 Å². The van der Waals surface area contributed by atoms with E-state index in [0.29, 0.717) is 31.3 Å². The zero-order valence-corrected chi connectivity index (χ0v) is 11.8. The Kier molecular flexibility index (Phi) is 8.53. The average molecular weight is 270 g/mol. The molecule has 0 aromatic rings. The maximum Gasteiger partial charge on any atom is 0.333 e. The Balaban J connectivity index is 0.000000342. The summed E-state index contributed by atoms with van der Waals surface area (Å²) in [6.45, 7) is 13.9. The van der Waals surface area contributed by atoms with E-state index >= 15 is 0 Å². The average Bonchev–Trinajstić information content (AvgIpc) is 3.17. The highest BCUT2D eigenvalue weighted by Gasteiger charge is 2.23. The summed E-state index contributed by atoms with van der Waals surface area (Å²) in [6, 6.07) is 0. The molecule has 108 valence electrons. The molecule has 0 aromatic heterocycles. The predicted molar refractivity (Wildman–Crippen MR) is 71.5 cm³/mol. The van der Waals surface area contributed by atoms with E-state index in [2.05, 4.69) is 17.9 Å². The van der Waals surface area contributed by atoms with E-state index in [1.807, 2.05) is 13.8 Å². The Hall–Kier alpha value is -1.62. The van der Waals surface area contributed by atoms with Crippen LogP contribution in [0.4, 0.5) is 0 Å². The Morgan fingerprint density at radius 1 is 1.42 bits per heavy atom. The maximum atomic E-state index is 10.7. The normalized spacial score (nSPS) is 15.9. The Morgan fingerprint density at radius 3 is 2.37 bits per heavy atom. The van der Waals surface area contributed by atoms with Crippen molar-refractivity contribution in [3.8, 4) is 0 Å². The molecule has 0 spiro atoms. The lowest BCUT2D eigenvalue weighted by Gasteiger charge is -2.05. The summed E-state index contributed by atoms with van der Waals surface area (Å²) in [5, 5.41) is 0. The van der Waals surface area contributed by atoms with Crippen LogP contribution in [0.25, 0.3) is 0 Å². The fourth-order valence-electron chi connectivity index (χ4n) is 0.764. The van der Waals surface area contributed by atoms with Crippen molar-refractivity contribution in [2.75, 3.05) is 19.8 Å². The molecule has 0 aromatic carbocycles. The standard InChI is InChI=1S/C8H14O2.C6H8O3/c1-6(2)5-10-8(9)7(3)4;1-2-6(7)9-4-5-3-8-5/h6H,3,5H2,1-2,4H3;2,5H,1,3-4H2. The zero-order chi connectivity index (χ0) is 14.8. The minimum absolute atomic E-state index is 0.147. The van der Waals surface area contributed by atoms with E-state index in [0.717, 1.165) is 6.08 Å². The van der Waals surface area contributed by atoms with Gasteiger partial charge in [-0.3, -0.25) is 0 Å². The fourth-order valence-corrected chi connectivity index (χ4v) is 0.764. The molecule has 0 N–H and O–H groups in total. The molecular formula is C14H22O5. The highest BCUT2D eigenvalue weighted by molar-refractivity contribution is 5.86. The van der Waals surface area contributed by atoms with E-state index < -0.39 is 0 Å². The van der Waals surface area contributed by atoms with Gasteiger partial charge in [0.1, 0.15) is 12.7 Å². The van der Waals surface area contributed by atoms with Crippen LogP contribution in [-0.4, -0.2) is 37.9 Å². The lowest BCUT2D eigenvalue weighted by Crippen LogP contribution is -2.09. The van der Waals surface area contributed by atoms with Crippen LogP contribution in [0.2, 0.25) is 0 Å². The highest BCUT2D eigenvalue weighted by atomic mass is 16.6. The van der Waals surface area contributed by atoms with Crippen molar-refractivity contribution in [3.63, 3.8) is 0 Å². The number of ether oxygens (including phenoxy) is 3. The maximum absolute atomic E-state index is 10.7. The van der Waals surface area contributed by atoms with E-state index in [1.54, 1.807) is 6.92 Å². The lowest BCUT2D eigenvalue weighted by molar-refractivity contribution is -0.140. The first-order chi connectivity index (χ1) is 8.86. The van der Waals surface area contributed by atoms with Crippen molar-refractivity contribution in [1.82, 2.24) is 0 Å². The Morgan fingerprint density at radius 2 is 2.00 bits per heavy atom. The largest absolute Gasteiger partial charge is 0.462 e. The molecule has 0 saturated carbocycles. The zero-order valence-electron chi connectivity index (χ0n) is 11.8. The molecule has 1 atom stereocenters. The molecule has 1 saturated heterocycles. The monoisotopic (exact) mass is 270 g/mol. The Labute approximate surface area is 114 Å². The van der Waals surface area contributed by atoms with Gasteiger partial charge in [0, 0.05) is 11.6 Å². The van der Waals surface area contributed by atoms with Gasteiger partial charge >= 0.3 is 11.9 Å². The van der Waals surface area contributed by atoms with Crippen molar-refractivity contribution < 1.29 is 23.8 Å². The minimum Gasteiger partial charge on any atom is -0.462 e. The van der Waals surface area contributed by atoms with Crippen LogP contribution in [-0.2, 0) is 23.8 Å². The van der Waals surface area contributed by atoms with Gasteiger partial charge in [0.15, 0.2) is 0 Å². The number of hydrogen-bond acceptors (Lipinski definition) is 5. The van der Waals surface area contributed by atoms with Gasteiger partial charge in [0.25, 0.3) is 0 Å². The van der Waals surface area contributed by atoms with Crippen LogP contribution in [0.5, 0.6) is 0 Å². The first-order valence-electron chi connectivity index (χ1n) is 6.10. The predicted octanol–water partition coefficient (Wildman–Crippen LogP) is 1.88. The first kappa shape index (κ1) is 17.4. The van der Waals surface area contributed by atoms with Gasteiger partial charge in [-0.15, -0.1) is 0 Å². The van der Waals surface area contributed by atoms with Gasteiger partial charge in [-0.1, -0.05) is 27.0 Å². The second-order valence-electron chi connectivity index (χ2n) is 4.56. The summed E-state index contributed by atoms with van der Waals surface area (Å²) in [5.41, 5.74) is 0.459. The molecule has 0 bridgehead atoms. The van der Waals surface area contributed by atoms with Crippen molar-refractivity contribution in [2.45, 2.75) is 26.9 Å². The van der Waals surface area contributed by atoms with Gasteiger partial charge in [0.05, 0.1) is 13.2 Å². The topological polar surface area (TPSA) is 65.1 Å².